The maximum Gasteiger partial charge on any atom is 0.272 e. The van der Waals surface area contributed by atoms with Gasteiger partial charge in [-0.2, -0.15) is 0 Å². The molecule has 42 heavy (non-hydrogen) atoms. The van der Waals surface area contributed by atoms with Gasteiger partial charge in [-0.05, 0) is 61.5 Å². The molecule has 0 radical (unpaired) electrons. The van der Waals surface area contributed by atoms with Crippen molar-refractivity contribution >= 4 is 47.1 Å². The van der Waals surface area contributed by atoms with Gasteiger partial charge in [0.2, 0.25) is 5.91 Å². The highest BCUT2D eigenvalue weighted by Gasteiger charge is 2.19. The first-order valence-electron chi connectivity index (χ1n) is 13.0. The summed E-state index contributed by atoms with van der Waals surface area (Å²) in [5.41, 5.74) is 1.41. The number of rotatable bonds is 11. The molecule has 10 heteroatoms. The quantitative estimate of drug-likeness (QED) is 0.155. The van der Waals surface area contributed by atoms with Crippen molar-refractivity contribution in [3.63, 3.8) is 0 Å². The lowest BCUT2D eigenvalue weighted by molar-refractivity contribution is -0.115. The van der Waals surface area contributed by atoms with E-state index in [-0.39, 0.29) is 11.6 Å². The number of hydrogen-bond acceptors (Lipinski definition) is 7. The molecule has 4 rings (SSSR count). The van der Waals surface area contributed by atoms with Gasteiger partial charge in [0, 0.05) is 27.9 Å². The smallest absolute Gasteiger partial charge is 0.272 e. The monoisotopic (exact) mass is 582 g/mol. The third-order valence-electron chi connectivity index (χ3n) is 5.95. The molecular weight excluding hydrogens is 552 g/mol. The van der Waals surface area contributed by atoms with Crippen molar-refractivity contribution < 1.29 is 23.9 Å². The van der Waals surface area contributed by atoms with E-state index in [2.05, 4.69) is 20.9 Å². The number of amides is 3. The van der Waals surface area contributed by atoms with E-state index in [4.69, 9.17) is 9.47 Å². The van der Waals surface area contributed by atoms with Crippen molar-refractivity contribution in [3.05, 3.63) is 114 Å². The van der Waals surface area contributed by atoms with Crippen molar-refractivity contribution in [2.45, 2.75) is 17.1 Å². The molecule has 0 saturated carbocycles. The van der Waals surface area contributed by atoms with Crippen LogP contribution in [0, 0.1) is 0 Å². The summed E-state index contributed by atoms with van der Waals surface area (Å²) in [6.07, 6.45) is 3.13. The highest BCUT2D eigenvalue weighted by Crippen LogP contribution is 2.32. The lowest BCUT2D eigenvalue weighted by Crippen LogP contribution is -2.30. The van der Waals surface area contributed by atoms with Crippen molar-refractivity contribution in [3.8, 4) is 11.5 Å². The minimum Gasteiger partial charge on any atom is -0.493 e. The summed E-state index contributed by atoms with van der Waals surface area (Å²) < 4.78 is 10.9. The maximum absolute atomic E-state index is 13.5. The highest BCUT2D eigenvalue weighted by atomic mass is 32.2. The molecule has 1 unspecified atom stereocenters. The van der Waals surface area contributed by atoms with Crippen molar-refractivity contribution in [2.24, 2.45) is 0 Å². The normalized spacial score (nSPS) is 11.6. The second-order valence-electron chi connectivity index (χ2n) is 8.91. The Labute approximate surface area is 248 Å². The van der Waals surface area contributed by atoms with Crippen LogP contribution in [0.2, 0.25) is 0 Å². The molecule has 214 valence electrons. The fourth-order valence-electron chi connectivity index (χ4n) is 3.89. The largest absolute Gasteiger partial charge is 0.493 e. The number of carbonyl (C=O) groups excluding carboxylic acids is 3. The van der Waals surface area contributed by atoms with E-state index in [9.17, 15) is 14.4 Å². The number of hydrogen-bond donors (Lipinski definition) is 3. The van der Waals surface area contributed by atoms with E-state index in [1.165, 1.54) is 32.1 Å². The lowest BCUT2D eigenvalue weighted by atomic mass is 10.1. The van der Waals surface area contributed by atoms with Gasteiger partial charge in [-0.15, -0.1) is 11.8 Å². The summed E-state index contributed by atoms with van der Waals surface area (Å²) in [5.74, 6) is 0.167. The van der Waals surface area contributed by atoms with Gasteiger partial charge in [0.25, 0.3) is 11.8 Å². The maximum atomic E-state index is 13.5. The third-order valence-corrected chi connectivity index (χ3v) is 7.05. The molecule has 1 aromatic heterocycles. The number of anilines is 2. The number of pyridine rings is 1. The Hall–Kier alpha value is -5.09. The Morgan fingerprint density at radius 2 is 1.62 bits per heavy atom. The van der Waals surface area contributed by atoms with Crippen LogP contribution in [0.1, 0.15) is 22.8 Å². The molecule has 0 saturated heterocycles. The predicted octanol–water partition coefficient (Wildman–Crippen LogP) is 5.63. The Morgan fingerprint density at radius 3 is 2.33 bits per heavy atom. The second kappa shape index (κ2) is 14.5. The summed E-state index contributed by atoms with van der Waals surface area (Å²) in [7, 11) is 3.02. The Bertz CT molecular complexity index is 1580. The summed E-state index contributed by atoms with van der Waals surface area (Å²) in [4.78, 5) is 44.1. The van der Waals surface area contributed by atoms with Crippen molar-refractivity contribution in [2.75, 3.05) is 24.9 Å². The standard InChI is InChI=1S/C32H30N4O5S/c1-21(30(37)36-28-17-7-8-18-33-28)42-25-15-10-14-24(20-25)34-32(39)26(35-31(38)22-11-5-4-6-12-22)19-23-13-9-16-27(40-2)29(23)41-3/h4-21H,1-3H3,(H,34,39)(H,35,38)(H,33,36,37)/b26-19+. The van der Waals surface area contributed by atoms with Gasteiger partial charge in [0.1, 0.15) is 11.5 Å². The third kappa shape index (κ3) is 7.98. The number of thioether (sulfide) groups is 1. The minimum absolute atomic E-state index is 0.00318. The number of para-hydroxylation sites is 1. The van der Waals surface area contributed by atoms with Crippen LogP contribution < -0.4 is 25.4 Å². The van der Waals surface area contributed by atoms with Crippen LogP contribution in [0.4, 0.5) is 11.5 Å². The second-order valence-corrected chi connectivity index (χ2v) is 10.3. The zero-order valence-electron chi connectivity index (χ0n) is 23.3. The summed E-state index contributed by atoms with van der Waals surface area (Å²) in [6.45, 7) is 1.79. The van der Waals surface area contributed by atoms with Crippen LogP contribution in [0.15, 0.2) is 108 Å². The molecule has 4 aromatic rings. The first kappa shape index (κ1) is 29.9. The van der Waals surface area contributed by atoms with Crippen LogP contribution in [0.25, 0.3) is 6.08 Å². The molecule has 3 aromatic carbocycles. The van der Waals surface area contributed by atoms with Gasteiger partial charge < -0.3 is 25.4 Å². The predicted molar refractivity (Wildman–Crippen MR) is 165 cm³/mol. The van der Waals surface area contributed by atoms with E-state index in [0.717, 1.165) is 4.90 Å². The molecule has 3 N–H and O–H groups in total. The summed E-state index contributed by atoms with van der Waals surface area (Å²) in [6, 6.07) is 26.2. The summed E-state index contributed by atoms with van der Waals surface area (Å²) in [5, 5.41) is 7.93. The Kier molecular flexibility index (Phi) is 10.3. The number of benzene rings is 3. The Morgan fingerprint density at radius 1 is 0.857 bits per heavy atom. The molecule has 3 amide bonds. The topological polar surface area (TPSA) is 119 Å². The van der Waals surface area contributed by atoms with Crippen molar-refractivity contribution in [1.29, 1.82) is 0 Å². The van der Waals surface area contributed by atoms with Gasteiger partial charge in [-0.1, -0.05) is 42.5 Å². The molecule has 0 aliphatic rings. The number of nitrogens with zero attached hydrogens (tertiary/aromatic N) is 1. The van der Waals surface area contributed by atoms with E-state index in [0.29, 0.717) is 34.1 Å². The highest BCUT2D eigenvalue weighted by molar-refractivity contribution is 8.00. The van der Waals surface area contributed by atoms with Crippen LogP contribution in [-0.2, 0) is 9.59 Å². The number of carbonyl (C=O) groups is 3. The number of methoxy groups -OCH3 is 2. The van der Waals surface area contributed by atoms with Gasteiger partial charge in [-0.25, -0.2) is 4.98 Å². The molecule has 0 aliphatic heterocycles. The van der Waals surface area contributed by atoms with Gasteiger partial charge in [0.05, 0.1) is 19.5 Å². The Balaban J connectivity index is 1.55. The van der Waals surface area contributed by atoms with Crippen LogP contribution in [0.5, 0.6) is 11.5 Å². The van der Waals surface area contributed by atoms with E-state index in [1.54, 1.807) is 98.0 Å². The molecule has 1 atom stereocenters. The lowest BCUT2D eigenvalue weighted by Gasteiger charge is -2.15. The molecule has 0 aliphatic carbocycles. The van der Waals surface area contributed by atoms with Crippen molar-refractivity contribution in [1.82, 2.24) is 10.3 Å². The number of ether oxygens (including phenoxy) is 2. The molecule has 1 heterocycles. The molecule has 0 spiro atoms. The van der Waals surface area contributed by atoms with E-state index in [1.807, 2.05) is 6.07 Å². The fraction of sp³-hybridized carbons (Fsp3) is 0.125. The van der Waals surface area contributed by atoms with E-state index < -0.39 is 17.1 Å². The first-order chi connectivity index (χ1) is 20.4. The number of aromatic nitrogens is 1. The summed E-state index contributed by atoms with van der Waals surface area (Å²) >= 11 is 1.33. The zero-order valence-corrected chi connectivity index (χ0v) is 24.1. The SMILES string of the molecule is COc1cccc(/C=C(/NC(=O)c2ccccc2)C(=O)Nc2cccc(SC(C)C(=O)Nc3ccccn3)c2)c1OC. The molecular formula is C32H30N4O5S. The van der Waals surface area contributed by atoms with Gasteiger partial charge in [-0.3, -0.25) is 14.4 Å². The molecule has 9 nitrogen and oxygen atoms in total. The van der Waals surface area contributed by atoms with Crippen LogP contribution >= 0.6 is 11.8 Å². The van der Waals surface area contributed by atoms with Crippen LogP contribution in [0.3, 0.4) is 0 Å². The number of nitrogens with one attached hydrogen (secondary N) is 3. The molecule has 0 bridgehead atoms. The average Bonchev–Trinajstić information content (AvgIpc) is 3.01. The van der Waals surface area contributed by atoms with Crippen LogP contribution in [-0.4, -0.2) is 42.2 Å². The van der Waals surface area contributed by atoms with Gasteiger partial charge >= 0.3 is 0 Å². The first-order valence-corrected chi connectivity index (χ1v) is 13.8. The fourth-order valence-corrected chi connectivity index (χ4v) is 4.82. The van der Waals surface area contributed by atoms with Gasteiger partial charge in [0.15, 0.2) is 11.5 Å². The van der Waals surface area contributed by atoms with E-state index >= 15 is 0 Å². The minimum atomic E-state index is -0.549. The average molecular weight is 583 g/mol. The zero-order chi connectivity index (χ0) is 29.9. The molecule has 0 fully saturated rings.